The molecule has 0 bridgehead atoms. The van der Waals surface area contributed by atoms with Crippen molar-refractivity contribution in [2.45, 2.75) is 50.4 Å². The van der Waals surface area contributed by atoms with Gasteiger partial charge in [0.25, 0.3) is 0 Å². The van der Waals surface area contributed by atoms with Gasteiger partial charge in [-0.05, 0) is 61.5 Å². The van der Waals surface area contributed by atoms with E-state index in [2.05, 4.69) is 51.4 Å². The second kappa shape index (κ2) is 9.91. The Morgan fingerprint density at radius 3 is 2.35 bits per heavy atom. The third-order valence-electron chi connectivity index (χ3n) is 7.17. The average Bonchev–Trinajstić information content (AvgIpc) is 3.26. The van der Waals surface area contributed by atoms with Gasteiger partial charge in [0.2, 0.25) is 0 Å². The molecule has 0 amide bonds. The molecule has 176 valence electrons. The summed E-state index contributed by atoms with van der Waals surface area (Å²) in [5, 5.41) is 0. The fraction of sp³-hybridized carbons (Fsp3) is 0.370. The molecule has 1 fully saturated rings. The molecule has 3 aromatic rings. The zero-order valence-corrected chi connectivity index (χ0v) is 20.0. The molecule has 7 heteroatoms. The Morgan fingerprint density at radius 2 is 1.65 bits per heavy atom. The molecule has 1 aromatic heterocycles. The van der Waals surface area contributed by atoms with Crippen LogP contribution in [0.15, 0.2) is 65.9 Å². The van der Waals surface area contributed by atoms with Crippen molar-refractivity contribution in [3.05, 3.63) is 77.7 Å². The van der Waals surface area contributed by atoms with Crippen LogP contribution in [0.5, 0.6) is 0 Å². The second-order valence-electron chi connectivity index (χ2n) is 9.55. The molecule has 2 heterocycles. The summed E-state index contributed by atoms with van der Waals surface area (Å²) < 4.78 is 11.3. The van der Waals surface area contributed by atoms with E-state index < -0.39 is 7.60 Å². The van der Waals surface area contributed by atoms with Crippen LogP contribution in [0, 0.1) is 5.92 Å². The summed E-state index contributed by atoms with van der Waals surface area (Å²) in [6.45, 7) is 0. The SMILES string of the molecule is O=P(O)(O)CC1CCC(c2ccc(CC[C@H]3C=Nc4c(-c5ccccc5)ncnc43)cc2)CC1. The lowest BCUT2D eigenvalue weighted by Gasteiger charge is -2.29. The van der Waals surface area contributed by atoms with E-state index in [0.29, 0.717) is 5.92 Å². The lowest BCUT2D eigenvalue weighted by atomic mass is 9.79. The Morgan fingerprint density at radius 1 is 0.912 bits per heavy atom. The summed E-state index contributed by atoms with van der Waals surface area (Å²) in [4.78, 5) is 32.2. The number of hydrogen-bond donors (Lipinski definition) is 2. The van der Waals surface area contributed by atoms with Crippen LogP contribution in [0.3, 0.4) is 0 Å². The minimum Gasteiger partial charge on any atom is -0.324 e. The summed E-state index contributed by atoms with van der Waals surface area (Å²) in [5.41, 5.74) is 6.50. The van der Waals surface area contributed by atoms with Crippen LogP contribution in [-0.4, -0.2) is 32.1 Å². The average molecular weight is 476 g/mol. The number of aromatic nitrogens is 2. The number of aliphatic imine (C=N–C) groups is 1. The van der Waals surface area contributed by atoms with E-state index in [0.717, 1.165) is 61.2 Å². The van der Waals surface area contributed by atoms with Crippen molar-refractivity contribution in [2.75, 3.05) is 6.16 Å². The van der Waals surface area contributed by atoms with Gasteiger partial charge in [0.15, 0.2) is 0 Å². The van der Waals surface area contributed by atoms with Crippen molar-refractivity contribution in [3.63, 3.8) is 0 Å². The van der Waals surface area contributed by atoms with E-state index in [-0.39, 0.29) is 18.0 Å². The van der Waals surface area contributed by atoms with E-state index in [1.807, 2.05) is 24.4 Å². The predicted molar refractivity (Wildman–Crippen MR) is 135 cm³/mol. The van der Waals surface area contributed by atoms with Crippen LogP contribution < -0.4 is 0 Å². The normalized spacial score (nSPS) is 22.0. The number of benzene rings is 2. The molecule has 2 aromatic carbocycles. The molecule has 2 aliphatic rings. The monoisotopic (exact) mass is 475 g/mol. The fourth-order valence-corrected chi connectivity index (χ4v) is 6.38. The van der Waals surface area contributed by atoms with Gasteiger partial charge in [-0.1, -0.05) is 54.6 Å². The molecule has 1 atom stereocenters. The molecule has 1 aliphatic heterocycles. The molecule has 0 spiro atoms. The minimum atomic E-state index is -3.91. The van der Waals surface area contributed by atoms with Gasteiger partial charge in [0, 0.05) is 17.7 Å². The highest BCUT2D eigenvalue weighted by molar-refractivity contribution is 7.51. The molecule has 1 saturated carbocycles. The first-order chi connectivity index (χ1) is 16.5. The van der Waals surface area contributed by atoms with Crippen molar-refractivity contribution in [2.24, 2.45) is 10.9 Å². The first-order valence-corrected chi connectivity index (χ1v) is 13.8. The summed E-state index contributed by atoms with van der Waals surface area (Å²) >= 11 is 0. The first kappa shape index (κ1) is 23.1. The maximum Gasteiger partial charge on any atom is 0.325 e. The number of rotatable bonds is 7. The Kier molecular flexibility index (Phi) is 6.73. The molecule has 1 aliphatic carbocycles. The number of aryl methyl sites for hydroxylation is 1. The maximum absolute atomic E-state index is 11.3. The molecule has 0 saturated heterocycles. The molecular formula is C27H30N3O3P. The minimum absolute atomic E-state index is 0.0318. The number of fused-ring (bicyclic) bond motifs is 1. The highest BCUT2D eigenvalue weighted by Gasteiger charge is 2.28. The van der Waals surface area contributed by atoms with E-state index in [1.54, 1.807) is 6.33 Å². The van der Waals surface area contributed by atoms with Gasteiger partial charge in [0.05, 0.1) is 17.5 Å². The van der Waals surface area contributed by atoms with Crippen molar-refractivity contribution < 1.29 is 14.4 Å². The quantitative estimate of drug-likeness (QED) is 0.407. The smallest absolute Gasteiger partial charge is 0.324 e. The van der Waals surface area contributed by atoms with E-state index >= 15 is 0 Å². The van der Waals surface area contributed by atoms with Gasteiger partial charge in [-0.25, -0.2) is 9.97 Å². The predicted octanol–water partition coefficient (Wildman–Crippen LogP) is 6.03. The van der Waals surface area contributed by atoms with Crippen LogP contribution in [-0.2, 0) is 11.0 Å². The van der Waals surface area contributed by atoms with Gasteiger partial charge in [-0.2, -0.15) is 0 Å². The topological polar surface area (TPSA) is 95.7 Å². The summed E-state index contributed by atoms with van der Waals surface area (Å²) in [5.74, 6) is 0.840. The zero-order valence-electron chi connectivity index (χ0n) is 19.1. The Bertz CT molecular complexity index is 1200. The molecule has 34 heavy (non-hydrogen) atoms. The van der Waals surface area contributed by atoms with Crippen molar-refractivity contribution >= 4 is 19.5 Å². The highest BCUT2D eigenvalue weighted by atomic mass is 31.2. The van der Waals surface area contributed by atoms with E-state index in [1.165, 1.54) is 11.1 Å². The summed E-state index contributed by atoms with van der Waals surface area (Å²) in [6, 6.07) is 19.0. The maximum atomic E-state index is 11.3. The fourth-order valence-electron chi connectivity index (χ4n) is 5.34. The molecule has 2 N–H and O–H groups in total. The number of hydrogen-bond acceptors (Lipinski definition) is 4. The molecule has 6 nitrogen and oxygen atoms in total. The molecular weight excluding hydrogens is 445 g/mol. The lowest BCUT2D eigenvalue weighted by molar-refractivity contribution is 0.316. The van der Waals surface area contributed by atoms with Gasteiger partial charge < -0.3 is 9.79 Å². The largest absolute Gasteiger partial charge is 0.325 e. The van der Waals surface area contributed by atoms with Gasteiger partial charge in [-0.3, -0.25) is 9.56 Å². The van der Waals surface area contributed by atoms with Crippen molar-refractivity contribution in [1.29, 1.82) is 0 Å². The van der Waals surface area contributed by atoms with Gasteiger partial charge >= 0.3 is 7.60 Å². The zero-order chi connectivity index (χ0) is 23.5. The van der Waals surface area contributed by atoms with E-state index in [4.69, 9.17) is 0 Å². The van der Waals surface area contributed by atoms with E-state index in [9.17, 15) is 14.4 Å². The first-order valence-electron chi connectivity index (χ1n) is 12.0. The van der Waals surface area contributed by atoms with Crippen LogP contribution in [0.2, 0.25) is 0 Å². The van der Waals surface area contributed by atoms with Crippen LogP contribution in [0.4, 0.5) is 5.69 Å². The second-order valence-corrected chi connectivity index (χ2v) is 11.2. The summed E-state index contributed by atoms with van der Waals surface area (Å²) in [7, 11) is -3.91. The molecule has 5 rings (SSSR count). The Hall–Kier alpha value is -2.66. The summed E-state index contributed by atoms with van der Waals surface area (Å²) in [6.07, 6.45) is 9.39. The van der Waals surface area contributed by atoms with Crippen LogP contribution in [0.25, 0.3) is 11.3 Å². The van der Waals surface area contributed by atoms with Crippen LogP contribution in [0.1, 0.15) is 60.8 Å². The lowest BCUT2D eigenvalue weighted by Crippen LogP contribution is -2.16. The molecule has 0 unspecified atom stereocenters. The Labute approximate surface area is 200 Å². The Balaban J connectivity index is 1.18. The van der Waals surface area contributed by atoms with Crippen LogP contribution >= 0.6 is 7.60 Å². The molecule has 0 radical (unpaired) electrons. The number of nitrogens with zero attached hydrogens (tertiary/aromatic N) is 3. The third kappa shape index (κ3) is 5.35. The van der Waals surface area contributed by atoms with Gasteiger partial charge in [0.1, 0.15) is 12.0 Å². The third-order valence-corrected chi connectivity index (χ3v) is 8.16. The van der Waals surface area contributed by atoms with Crippen molar-refractivity contribution in [3.8, 4) is 11.3 Å². The standard InChI is InChI=1S/C27H30N3O3P/c31-34(32,33)17-20-9-13-22(14-10-20)21-11-6-19(7-12-21)8-15-24-16-28-27-25(29-18-30-26(24)27)23-4-2-1-3-5-23/h1-7,11-12,16,18,20,22,24H,8-10,13-15,17H2,(H2,31,32,33)/t20?,22?,24-/m0/s1. The highest BCUT2D eigenvalue weighted by Crippen LogP contribution is 2.44. The van der Waals surface area contributed by atoms with Crippen molar-refractivity contribution in [1.82, 2.24) is 9.97 Å². The van der Waals surface area contributed by atoms with Gasteiger partial charge in [-0.15, -0.1) is 0 Å².